The van der Waals surface area contributed by atoms with Crippen molar-refractivity contribution in [3.63, 3.8) is 0 Å². The molecule has 1 saturated carbocycles. The van der Waals surface area contributed by atoms with E-state index in [9.17, 15) is 14.0 Å². The van der Waals surface area contributed by atoms with E-state index in [0.717, 1.165) is 23.6 Å². The van der Waals surface area contributed by atoms with Gasteiger partial charge in [0, 0.05) is 18.4 Å². The van der Waals surface area contributed by atoms with Crippen molar-refractivity contribution in [3.05, 3.63) is 32.9 Å². The van der Waals surface area contributed by atoms with Crippen molar-refractivity contribution in [1.29, 1.82) is 5.26 Å². The highest BCUT2D eigenvalue weighted by molar-refractivity contribution is 5.00. The summed E-state index contributed by atoms with van der Waals surface area (Å²) in [4.78, 5) is 24.1. The van der Waals surface area contributed by atoms with E-state index in [4.69, 9.17) is 5.26 Å². The molecule has 6 heteroatoms. The molecule has 1 heterocycles. The van der Waals surface area contributed by atoms with Crippen molar-refractivity contribution in [2.24, 2.45) is 5.41 Å². The first-order chi connectivity index (χ1) is 7.56. The fraction of sp³-hybridized carbons (Fsp3) is 0.500. The molecule has 84 valence electrons. The SMILES string of the molecule is N#CCC1(Cn2cc(F)c(=O)[nH]c2=O)CC1. The van der Waals surface area contributed by atoms with Gasteiger partial charge < -0.3 is 0 Å². The quantitative estimate of drug-likeness (QED) is 0.804. The van der Waals surface area contributed by atoms with Crippen LogP contribution in [0.4, 0.5) is 4.39 Å². The molecular formula is C10H10FN3O2. The van der Waals surface area contributed by atoms with Crippen LogP contribution in [0.5, 0.6) is 0 Å². The van der Waals surface area contributed by atoms with Crippen LogP contribution in [0.2, 0.25) is 0 Å². The maximum absolute atomic E-state index is 13.0. The van der Waals surface area contributed by atoms with Crippen LogP contribution in [0, 0.1) is 22.6 Å². The fourth-order valence-corrected chi connectivity index (χ4v) is 1.70. The van der Waals surface area contributed by atoms with Crippen molar-refractivity contribution in [2.75, 3.05) is 0 Å². The van der Waals surface area contributed by atoms with E-state index in [-0.39, 0.29) is 12.0 Å². The van der Waals surface area contributed by atoms with Crippen molar-refractivity contribution in [2.45, 2.75) is 25.8 Å². The fourth-order valence-electron chi connectivity index (χ4n) is 1.70. The number of nitrogens with one attached hydrogen (secondary N) is 1. The van der Waals surface area contributed by atoms with E-state index in [1.807, 2.05) is 4.98 Å². The van der Waals surface area contributed by atoms with E-state index in [1.54, 1.807) is 0 Å². The van der Waals surface area contributed by atoms with Gasteiger partial charge in [-0.1, -0.05) is 0 Å². The van der Waals surface area contributed by atoms with E-state index in [0.29, 0.717) is 6.42 Å². The number of aromatic nitrogens is 2. The lowest BCUT2D eigenvalue weighted by atomic mass is 10.0. The van der Waals surface area contributed by atoms with Gasteiger partial charge in [-0.2, -0.15) is 9.65 Å². The molecule has 0 radical (unpaired) electrons. The second kappa shape index (κ2) is 3.59. The van der Waals surface area contributed by atoms with E-state index < -0.39 is 17.1 Å². The Labute approximate surface area is 90.1 Å². The van der Waals surface area contributed by atoms with Crippen LogP contribution in [-0.4, -0.2) is 9.55 Å². The average Bonchev–Trinajstić information content (AvgIpc) is 2.95. The highest BCUT2D eigenvalue weighted by Gasteiger charge is 2.42. The van der Waals surface area contributed by atoms with Gasteiger partial charge in [0.1, 0.15) is 0 Å². The second-order valence-electron chi connectivity index (χ2n) is 4.20. The predicted octanol–water partition coefficient (Wildman–Crippen LogP) is 0.370. The molecule has 0 aromatic carbocycles. The maximum Gasteiger partial charge on any atom is 0.328 e. The topological polar surface area (TPSA) is 78.7 Å². The first-order valence-corrected chi connectivity index (χ1v) is 4.93. The minimum Gasteiger partial charge on any atom is -0.297 e. The van der Waals surface area contributed by atoms with Crippen molar-refractivity contribution >= 4 is 0 Å². The molecule has 1 aromatic rings. The summed E-state index contributed by atoms with van der Waals surface area (Å²) in [6.07, 6.45) is 2.96. The van der Waals surface area contributed by atoms with Crippen LogP contribution in [0.25, 0.3) is 0 Å². The third kappa shape index (κ3) is 1.89. The van der Waals surface area contributed by atoms with Gasteiger partial charge in [-0.05, 0) is 12.8 Å². The zero-order valence-electron chi connectivity index (χ0n) is 8.49. The summed E-state index contributed by atoms with van der Waals surface area (Å²) in [5.74, 6) is -0.979. The molecule has 0 atom stereocenters. The van der Waals surface area contributed by atoms with E-state index in [1.165, 1.54) is 0 Å². The minimum absolute atomic E-state index is 0.205. The Hall–Kier alpha value is -1.90. The Morgan fingerprint density at radius 3 is 2.81 bits per heavy atom. The summed E-state index contributed by atoms with van der Waals surface area (Å²) in [6, 6.07) is 2.06. The van der Waals surface area contributed by atoms with E-state index >= 15 is 0 Å². The summed E-state index contributed by atoms with van der Waals surface area (Å²) < 4.78 is 14.1. The van der Waals surface area contributed by atoms with Crippen LogP contribution >= 0.6 is 0 Å². The number of rotatable bonds is 3. The zero-order chi connectivity index (χ0) is 11.8. The first-order valence-electron chi connectivity index (χ1n) is 4.93. The second-order valence-corrected chi connectivity index (χ2v) is 4.20. The Balaban J connectivity index is 2.30. The molecule has 2 rings (SSSR count). The molecule has 1 fully saturated rings. The number of hydrogen-bond acceptors (Lipinski definition) is 3. The number of nitrogens with zero attached hydrogens (tertiary/aromatic N) is 2. The van der Waals surface area contributed by atoms with Crippen LogP contribution in [0.1, 0.15) is 19.3 Å². The van der Waals surface area contributed by atoms with Gasteiger partial charge >= 0.3 is 5.69 Å². The highest BCUT2D eigenvalue weighted by Crippen LogP contribution is 2.49. The lowest BCUT2D eigenvalue weighted by Gasteiger charge is -2.12. The minimum atomic E-state index is -1.01. The summed E-state index contributed by atoms with van der Waals surface area (Å²) in [7, 11) is 0. The predicted molar refractivity (Wildman–Crippen MR) is 53.2 cm³/mol. The van der Waals surface area contributed by atoms with Gasteiger partial charge in [-0.3, -0.25) is 14.3 Å². The zero-order valence-corrected chi connectivity index (χ0v) is 8.49. The van der Waals surface area contributed by atoms with Crippen molar-refractivity contribution < 1.29 is 4.39 Å². The molecule has 1 aliphatic rings. The van der Waals surface area contributed by atoms with Gasteiger partial charge in [0.05, 0.1) is 12.3 Å². The largest absolute Gasteiger partial charge is 0.328 e. The molecule has 5 nitrogen and oxygen atoms in total. The summed E-state index contributed by atoms with van der Waals surface area (Å²) >= 11 is 0. The van der Waals surface area contributed by atoms with Crippen LogP contribution in [0.3, 0.4) is 0 Å². The Morgan fingerprint density at radius 1 is 1.56 bits per heavy atom. The highest BCUT2D eigenvalue weighted by atomic mass is 19.1. The molecule has 0 unspecified atom stereocenters. The number of H-pyrrole nitrogens is 1. The Kier molecular flexibility index (Phi) is 2.38. The number of nitriles is 1. The molecule has 0 saturated heterocycles. The number of aromatic amines is 1. The van der Waals surface area contributed by atoms with Crippen LogP contribution in [0.15, 0.2) is 15.8 Å². The van der Waals surface area contributed by atoms with Crippen molar-refractivity contribution in [1.82, 2.24) is 9.55 Å². The summed E-state index contributed by atoms with van der Waals surface area (Å²) in [6.45, 7) is 0.285. The van der Waals surface area contributed by atoms with Gasteiger partial charge in [-0.15, -0.1) is 0 Å². The molecule has 0 bridgehead atoms. The van der Waals surface area contributed by atoms with Crippen LogP contribution in [-0.2, 0) is 6.54 Å². The molecule has 1 aliphatic carbocycles. The maximum atomic E-state index is 13.0. The molecule has 16 heavy (non-hydrogen) atoms. The molecule has 1 N–H and O–H groups in total. The number of halogens is 1. The average molecular weight is 223 g/mol. The lowest BCUT2D eigenvalue weighted by Crippen LogP contribution is -2.33. The Morgan fingerprint density at radius 2 is 2.25 bits per heavy atom. The Bertz CT molecular complexity index is 563. The lowest BCUT2D eigenvalue weighted by molar-refractivity contribution is 0.409. The number of hydrogen-bond donors (Lipinski definition) is 1. The molecule has 0 spiro atoms. The van der Waals surface area contributed by atoms with Gasteiger partial charge in [0.2, 0.25) is 5.82 Å². The normalized spacial score (nSPS) is 16.8. The molecular weight excluding hydrogens is 213 g/mol. The molecule has 0 amide bonds. The third-order valence-corrected chi connectivity index (χ3v) is 2.88. The van der Waals surface area contributed by atoms with E-state index in [2.05, 4.69) is 6.07 Å². The van der Waals surface area contributed by atoms with Gasteiger partial charge in [-0.25, -0.2) is 4.79 Å². The first kappa shape index (κ1) is 10.6. The standard InChI is InChI=1S/C10H10FN3O2/c11-7-5-14(9(16)13-8(7)15)6-10(1-2-10)3-4-12/h5H,1-3,6H2,(H,13,15,16). The van der Waals surface area contributed by atoms with Crippen molar-refractivity contribution in [3.8, 4) is 6.07 Å². The monoisotopic (exact) mass is 223 g/mol. The summed E-state index contributed by atoms with van der Waals surface area (Å²) in [5, 5.41) is 8.62. The van der Waals surface area contributed by atoms with Gasteiger partial charge in [0.15, 0.2) is 0 Å². The molecule has 1 aromatic heterocycles. The van der Waals surface area contributed by atoms with Gasteiger partial charge in [0.25, 0.3) is 5.56 Å². The van der Waals surface area contributed by atoms with Crippen LogP contribution < -0.4 is 11.2 Å². The third-order valence-electron chi connectivity index (χ3n) is 2.88. The summed E-state index contributed by atoms with van der Waals surface area (Å²) in [5.41, 5.74) is -1.84. The molecule has 0 aliphatic heterocycles. The smallest absolute Gasteiger partial charge is 0.297 e.